The Morgan fingerprint density at radius 3 is 2.54 bits per heavy atom. The summed E-state index contributed by atoms with van der Waals surface area (Å²) in [7, 11) is 0. The molecule has 4 aliphatic rings. The first-order chi connectivity index (χ1) is 23.4. The number of piperidine rings is 2. The SMILES string of the molecule is Cc1cc(CC(NC(=O)N2CCC(N3CCc4ccccc4NC3=O)CC2)C(=O)N2CCC(N3CCCNCC3)CC2)cc2cn[nH]c12. The van der Waals surface area contributed by atoms with Crippen LogP contribution in [0.5, 0.6) is 0 Å². The number of hydrogen-bond donors (Lipinski definition) is 4. The Labute approximate surface area is 282 Å². The minimum absolute atomic E-state index is 0.0139. The summed E-state index contributed by atoms with van der Waals surface area (Å²) in [6.45, 7) is 9.41. The molecule has 256 valence electrons. The molecule has 4 aliphatic heterocycles. The number of aromatic amines is 1. The van der Waals surface area contributed by atoms with E-state index in [2.05, 4.69) is 49.2 Å². The zero-order valence-electron chi connectivity index (χ0n) is 28.0. The monoisotopic (exact) mass is 655 g/mol. The molecule has 0 saturated carbocycles. The highest BCUT2D eigenvalue weighted by Crippen LogP contribution is 2.26. The number of nitrogens with zero attached hydrogens (tertiary/aromatic N) is 5. The number of para-hydroxylation sites is 1. The fraction of sp³-hybridized carbons (Fsp3) is 0.556. The fourth-order valence-corrected chi connectivity index (χ4v) is 8.13. The van der Waals surface area contributed by atoms with Crippen LogP contribution >= 0.6 is 0 Å². The Morgan fingerprint density at radius 1 is 0.938 bits per heavy atom. The molecule has 3 saturated heterocycles. The number of urea groups is 2. The number of amides is 5. The van der Waals surface area contributed by atoms with Gasteiger partial charge in [0.1, 0.15) is 6.04 Å². The number of anilines is 1. The van der Waals surface area contributed by atoms with Gasteiger partial charge < -0.3 is 30.7 Å². The number of benzene rings is 2. The number of aryl methyl sites for hydroxylation is 1. The van der Waals surface area contributed by atoms with Crippen LogP contribution in [0.3, 0.4) is 0 Å². The summed E-state index contributed by atoms with van der Waals surface area (Å²) >= 11 is 0. The van der Waals surface area contributed by atoms with Crippen molar-refractivity contribution in [2.24, 2.45) is 0 Å². The van der Waals surface area contributed by atoms with Gasteiger partial charge in [-0.25, -0.2) is 9.59 Å². The van der Waals surface area contributed by atoms with Crippen molar-refractivity contribution in [2.45, 2.75) is 70.0 Å². The molecule has 0 bridgehead atoms. The Hall–Kier alpha value is -4.16. The molecule has 1 unspecified atom stereocenters. The Morgan fingerprint density at radius 2 is 1.71 bits per heavy atom. The highest BCUT2D eigenvalue weighted by Gasteiger charge is 2.35. The predicted octanol–water partition coefficient (Wildman–Crippen LogP) is 3.33. The molecule has 1 aromatic heterocycles. The molecule has 5 heterocycles. The lowest BCUT2D eigenvalue weighted by Crippen LogP contribution is -2.57. The van der Waals surface area contributed by atoms with Crippen molar-refractivity contribution in [3.63, 3.8) is 0 Å². The molecule has 4 N–H and O–H groups in total. The van der Waals surface area contributed by atoms with E-state index in [1.807, 2.05) is 39.8 Å². The van der Waals surface area contributed by atoms with Crippen molar-refractivity contribution < 1.29 is 14.4 Å². The summed E-state index contributed by atoms with van der Waals surface area (Å²) < 4.78 is 0. The van der Waals surface area contributed by atoms with Crippen molar-refractivity contribution in [3.8, 4) is 0 Å². The molecular formula is C36H49N9O3. The summed E-state index contributed by atoms with van der Waals surface area (Å²) in [5, 5.41) is 18.0. The minimum atomic E-state index is -0.673. The second kappa shape index (κ2) is 14.5. The van der Waals surface area contributed by atoms with E-state index < -0.39 is 6.04 Å². The van der Waals surface area contributed by atoms with Crippen LogP contribution in [-0.4, -0.2) is 125 Å². The predicted molar refractivity (Wildman–Crippen MR) is 186 cm³/mol. The van der Waals surface area contributed by atoms with Crippen LogP contribution in [0.1, 0.15) is 48.8 Å². The Bertz CT molecular complexity index is 1600. The zero-order valence-corrected chi connectivity index (χ0v) is 28.0. The van der Waals surface area contributed by atoms with Crippen LogP contribution in [0.15, 0.2) is 42.6 Å². The van der Waals surface area contributed by atoms with Crippen LogP contribution in [0.4, 0.5) is 15.3 Å². The average molecular weight is 656 g/mol. The smallest absolute Gasteiger partial charge is 0.322 e. The van der Waals surface area contributed by atoms with E-state index >= 15 is 0 Å². The molecule has 3 aromatic rings. The summed E-state index contributed by atoms with van der Waals surface area (Å²) in [6, 6.07) is 11.7. The molecule has 1 atom stereocenters. The van der Waals surface area contributed by atoms with Gasteiger partial charge in [0.05, 0.1) is 11.7 Å². The standard InChI is InChI=1S/C36H49N9O3/c1-25-21-26(22-28-24-38-41-33(25)28)23-32(34(46)43-15-8-29(9-16-43)42-14-4-12-37-13-20-42)40-35(47)44-17-10-30(11-18-44)45-19-7-27-5-2-3-6-31(27)39-36(45)48/h2-3,5-6,21-22,24,29-30,32,37H,4,7-20,23H2,1H3,(H,38,41)(H,39,48)(H,40,47). The first kappa shape index (κ1) is 32.4. The average Bonchev–Trinajstić information content (AvgIpc) is 3.32. The molecule has 0 spiro atoms. The van der Waals surface area contributed by atoms with Crippen molar-refractivity contribution in [1.29, 1.82) is 0 Å². The van der Waals surface area contributed by atoms with Gasteiger partial charge in [0.25, 0.3) is 0 Å². The minimum Gasteiger partial charge on any atom is -0.341 e. The normalized spacial score (nSPS) is 20.9. The molecule has 48 heavy (non-hydrogen) atoms. The van der Waals surface area contributed by atoms with Gasteiger partial charge in [0.2, 0.25) is 5.91 Å². The molecule has 5 amide bonds. The van der Waals surface area contributed by atoms with Crippen LogP contribution in [0.25, 0.3) is 10.9 Å². The maximum Gasteiger partial charge on any atom is 0.322 e. The van der Waals surface area contributed by atoms with E-state index in [4.69, 9.17) is 0 Å². The third kappa shape index (κ3) is 7.14. The maximum atomic E-state index is 14.2. The summed E-state index contributed by atoms with van der Waals surface area (Å²) in [6.07, 6.45) is 7.48. The number of fused-ring (bicyclic) bond motifs is 2. The Balaban J connectivity index is 0.999. The van der Waals surface area contributed by atoms with E-state index in [0.29, 0.717) is 58.0 Å². The lowest BCUT2D eigenvalue weighted by atomic mass is 9.98. The summed E-state index contributed by atoms with van der Waals surface area (Å²) in [4.78, 5) is 49.4. The first-order valence-electron chi connectivity index (χ1n) is 17.8. The number of hydrogen-bond acceptors (Lipinski definition) is 6. The lowest BCUT2D eigenvalue weighted by molar-refractivity contribution is -0.134. The molecule has 2 aromatic carbocycles. The third-order valence-corrected chi connectivity index (χ3v) is 10.8. The maximum absolute atomic E-state index is 14.2. The molecular weight excluding hydrogens is 606 g/mol. The summed E-state index contributed by atoms with van der Waals surface area (Å²) in [5.41, 5.74) is 5.07. The van der Waals surface area contributed by atoms with E-state index in [0.717, 1.165) is 85.1 Å². The first-order valence-corrected chi connectivity index (χ1v) is 17.8. The van der Waals surface area contributed by atoms with Gasteiger partial charge in [-0.3, -0.25) is 14.8 Å². The van der Waals surface area contributed by atoms with Gasteiger partial charge in [-0.1, -0.05) is 24.3 Å². The largest absolute Gasteiger partial charge is 0.341 e. The molecule has 7 rings (SSSR count). The zero-order chi connectivity index (χ0) is 33.0. The topological polar surface area (TPSA) is 129 Å². The number of carbonyl (C=O) groups excluding carboxylic acids is 3. The molecule has 0 aliphatic carbocycles. The summed E-state index contributed by atoms with van der Waals surface area (Å²) in [5.74, 6) is -0.0139. The van der Waals surface area contributed by atoms with Crippen molar-refractivity contribution >= 4 is 34.6 Å². The van der Waals surface area contributed by atoms with Gasteiger partial charge in [-0.15, -0.1) is 0 Å². The van der Waals surface area contributed by atoms with Crippen LogP contribution in [0.2, 0.25) is 0 Å². The van der Waals surface area contributed by atoms with E-state index in [1.54, 1.807) is 6.20 Å². The van der Waals surface area contributed by atoms with Gasteiger partial charge in [-0.05, 0) is 87.4 Å². The number of carbonyl (C=O) groups is 3. The van der Waals surface area contributed by atoms with Crippen LogP contribution < -0.4 is 16.0 Å². The van der Waals surface area contributed by atoms with E-state index in [-0.39, 0.29) is 24.0 Å². The second-order valence-corrected chi connectivity index (χ2v) is 13.9. The third-order valence-electron chi connectivity index (χ3n) is 10.8. The van der Waals surface area contributed by atoms with Gasteiger partial charge >= 0.3 is 12.1 Å². The van der Waals surface area contributed by atoms with E-state index in [1.165, 1.54) is 0 Å². The molecule has 12 heteroatoms. The van der Waals surface area contributed by atoms with E-state index in [9.17, 15) is 14.4 Å². The molecule has 12 nitrogen and oxygen atoms in total. The van der Waals surface area contributed by atoms with Crippen LogP contribution in [-0.2, 0) is 17.6 Å². The van der Waals surface area contributed by atoms with Crippen LogP contribution in [0, 0.1) is 6.92 Å². The number of likely N-dealkylation sites (tertiary alicyclic amines) is 2. The Kier molecular flexibility index (Phi) is 9.81. The number of aromatic nitrogens is 2. The molecule has 0 radical (unpaired) electrons. The fourth-order valence-electron chi connectivity index (χ4n) is 8.13. The van der Waals surface area contributed by atoms with Gasteiger partial charge in [0, 0.05) is 75.4 Å². The number of nitrogens with one attached hydrogen (secondary N) is 4. The highest BCUT2D eigenvalue weighted by atomic mass is 16.2. The lowest BCUT2D eigenvalue weighted by Gasteiger charge is -2.40. The number of H-pyrrole nitrogens is 1. The number of rotatable bonds is 6. The van der Waals surface area contributed by atoms with Gasteiger partial charge in [0.15, 0.2) is 0 Å². The van der Waals surface area contributed by atoms with Crippen molar-refractivity contribution in [3.05, 3.63) is 59.3 Å². The quantitative estimate of drug-likeness (QED) is 0.323. The highest BCUT2D eigenvalue weighted by molar-refractivity contribution is 5.91. The second-order valence-electron chi connectivity index (χ2n) is 13.9. The van der Waals surface area contributed by atoms with Crippen molar-refractivity contribution in [1.82, 2.24) is 40.4 Å². The van der Waals surface area contributed by atoms with Crippen molar-refractivity contribution in [2.75, 3.05) is 64.2 Å². The molecule has 3 fully saturated rings. The van der Waals surface area contributed by atoms with Gasteiger partial charge in [-0.2, -0.15) is 5.10 Å².